The summed E-state index contributed by atoms with van der Waals surface area (Å²) in [6.45, 7) is 5.89. The van der Waals surface area contributed by atoms with Crippen LogP contribution in [0.3, 0.4) is 0 Å². The largest absolute Gasteiger partial charge is 0.355 e. The van der Waals surface area contributed by atoms with E-state index in [0.717, 1.165) is 6.42 Å². The second-order valence-corrected chi connectivity index (χ2v) is 4.54. The van der Waals surface area contributed by atoms with Crippen molar-refractivity contribution in [1.29, 1.82) is 0 Å². The number of amides is 1. The molecule has 0 fully saturated rings. The Morgan fingerprint density at radius 1 is 1.35 bits per heavy atom. The lowest BCUT2D eigenvalue weighted by Crippen LogP contribution is -2.37. The van der Waals surface area contributed by atoms with Gasteiger partial charge in [-0.3, -0.25) is 19.8 Å². The maximum absolute atomic E-state index is 11.7. The average molecular weight is 279 g/mol. The number of nitro groups is 1. The summed E-state index contributed by atoms with van der Waals surface area (Å²) in [6, 6.07) is 6.63. The molecule has 1 amide bonds. The minimum atomic E-state index is -0.389. The lowest BCUT2D eigenvalue weighted by Gasteiger charge is -2.19. The van der Waals surface area contributed by atoms with Crippen molar-refractivity contribution < 1.29 is 9.72 Å². The van der Waals surface area contributed by atoms with Crippen LogP contribution in [0.1, 0.15) is 25.8 Å². The molecule has 0 saturated carbocycles. The van der Waals surface area contributed by atoms with E-state index < -0.39 is 0 Å². The molecule has 110 valence electrons. The van der Waals surface area contributed by atoms with E-state index in [2.05, 4.69) is 5.32 Å². The Morgan fingerprint density at radius 3 is 2.65 bits per heavy atom. The molecule has 0 radical (unpaired) electrons. The van der Waals surface area contributed by atoms with Gasteiger partial charge in [0.2, 0.25) is 5.91 Å². The molecule has 0 aliphatic heterocycles. The number of carbonyl (C=O) groups is 1. The first kappa shape index (κ1) is 16.1. The number of carbonyl (C=O) groups excluding carboxylic acids is 1. The Morgan fingerprint density at radius 2 is 2.05 bits per heavy atom. The van der Waals surface area contributed by atoms with Gasteiger partial charge >= 0.3 is 0 Å². The molecule has 0 aliphatic carbocycles. The standard InChI is InChI=1S/C14H21N3O3/c1-3-9-15-14(18)11-16(4-2)10-12-7-5-6-8-13(12)17(19)20/h5-8H,3-4,9-11H2,1-2H3,(H,15,18). The minimum Gasteiger partial charge on any atom is -0.355 e. The number of nitro benzene ring substituents is 1. The summed E-state index contributed by atoms with van der Waals surface area (Å²) in [7, 11) is 0. The van der Waals surface area contributed by atoms with E-state index in [-0.39, 0.29) is 23.1 Å². The predicted molar refractivity (Wildman–Crippen MR) is 77.3 cm³/mol. The van der Waals surface area contributed by atoms with Crippen LogP contribution in [0, 0.1) is 10.1 Å². The molecule has 6 nitrogen and oxygen atoms in total. The number of nitrogens with one attached hydrogen (secondary N) is 1. The van der Waals surface area contributed by atoms with E-state index in [1.807, 2.05) is 18.7 Å². The minimum absolute atomic E-state index is 0.0488. The monoisotopic (exact) mass is 279 g/mol. The van der Waals surface area contributed by atoms with Crippen molar-refractivity contribution in [3.05, 3.63) is 39.9 Å². The first-order valence-electron chi connectivity index (χ1n) is 6.79. The molecule has 0 aromatic heterocycles. The number of para-hydroxylation sites is 1. The van der Waals surface area contributed by atoms with Gasteiger partial charge in [0.15, 0.2) is 0 Å². The summed E-state index contributed by atoms with van der Waals surface area (Å²) in [5, 5.41) is 13.8. The second kappa shape index (κ2) is 8.27. The van der Waals surface area contributed by atoms with Gasteiger partial charge in [-0.05, 0) is 13.0 Å². The molecule has 0 aliphatic rings. The van der Waals surface area contributed by atoms with E-state index in [1.165, 1.54) is 6.07 Å². The molecule has 0 atom stereocenters. The zero-order chi connectivity index (χ0) is 15.0. The smallest absolute Gasteiger partial charge is 0.273 e. The Hall–Kier alpha value is -1.95. The van der Waals surface area contributed by atoms with Crippen LogP contribution in [-0.2, 0) is 11.3 Å². The number of nitrogens with zero attached hydrogens (tertiary/aromatic N) is 2. The summed E-state index contributed by atoms with van der Waals surface area (Å²) in [4.78, 5) is 24.2. The molecule has 1 aromatic carbocycles. The van der Waals surface area contributed by atoms with Crippen LogP contribution in [0.15, 0.2) is 24.3 Å². The van der Waals surface area contributed by atoms with Gasteiger partial charge in [0.25, 0.3) is 5.69 Å². The van der Waals surface area contributed by atoms with E-state index in [1.54, 1.807) is 18.2 Å². The fourth-order valence-electron chi connectivity index (χ4n) is 1.87. The normalized spacial score (nSPS) is 10.6. The van der Waals surface area contributed by atoms with E-state index >= 15 is 0 Å². The topological polar surface area (TPSA) is 75.5 Å². The van der Waals surface area contributed by atoms with Crippen molar-refractivity contribution in [2.75, 3.05) is 19.6 Å². The highest BCUT2D eigenvalue weighted by molar-refractivity contribution is 5.77. The predicted octanol–water partition coefficient (Wildman–Crippen LogP) is 1.94. The number of benzene rings is 1. The summed E-state index contributed by atoms with van der Waals surface area (Å²) in [5.41, 5.74) is 0.725. The molecule has 0 unspecified atom stereocenters. The maximum Gasteiger partial charge on any atom is 0.273 e. The molecule has 6 heteroatoms. The molecular weight excluding hydrogens is 258 g/mol. The van der Waals surface area contributed by atoms with Gasteiger partial charge in [0.1, 0.15) is 0 Å². The van der Waals surface area contributed by atoms with Crippen LogP contribution >= 0.6 is 0 Å². The van der Waals surface area contributed by atoms with Crippen molar-refractivity contribution >= 4 is 11.6 Å². The number of likely N-dealkylation sites (N-methyl/N-ethyl adjacent to an activating group) is 1. The Bertz CT molecular complexity index is 463. The highest BCUT2D eigenvalue weighted by atomic mass is 16.6. The molecule has 20 heavy (non-hydrogen) atoms. The third-order valence-corrected chi connectivity index (χ3v) is 2.97. The van der Waals surface area contributed by atoms with Crippen LogP contribution in [-0.4, -0.2) is 35.4 Å². The summed E-state index contributed by atoms with van der Waals surface area (Å²) >= 11 is 0. The van der Waals surface area contributed by atoms with Crippen molar-refractivity contribution in [2.45, 2.75) is 26.8 Å². The number of rotatable bonds is 8. The van der Waals surface area contributed by atoms with E-state index in [4.69, 9.17) is 0 Å². The number of hydrogen-bond acceptors (Lipinski definition) is 4. The third kappa shape index (κ3) is 4.97. The zero-order valence-corrected chi connectivity index (χ0v) is 12.0. The molecule has 0 bridgehead atoms. The molecule has 0 saturated heterocycles. The Balaban J connectivity index is 2.69. The van der Waals surface area contributed by atoms with Crippen molar-refractivity contribution in [3.63, 3.8) is 0 Å². The maximum atomic E-state index is 11.7. The van der Waals surface area contributed by atoms with Crippen molar-refractivity contribution in [1.82, 2.24) is 10.2 Å². The Labute approximate surface area is 118 Å². The van der Waals surface area contributed by atoms with Gasteiger partial charge in [-0.2, -0.15) is 0 Å². The summed E-state index contributed by atoms with van der Waals surface area (Å²) in [5.74, 6) is -0.0488. The van der Waals surface area contributed by atoms with E-state index in [9.17, 15) is 14.9 Å². The molecule has 1 N–H and O–H groups in total. The quantitative estimate of drug-likeness (QED) is 0.583. The van der Waals surface area contributed by atoms with Crippen LogP contribution < -0.4 is 5.32 Å². The van der Waals surface area contributed by atoms with Crippen LogP contribution in [0.25, 0.3) is 0 Å². The van der Waals surface area contributed by atoms with Crippen LogP contribution in [0.5, 0.6) is 0 Å². The van der Waals surface area contributed by atoms with Gasteiger partial charge in [0, 0.05) is 24.7 Å². The highest BCUT2D eigenvalue weighted by Crippen LogP contribution is 2.19. The van der Waals surface area contributed by atoms with Gasteiger partial charge in [-0.15, -0.1) is 0 Å². The highest BCUT2D eigenvalue weighted by Gasteiger charge is 2.16. The molecule has 1 rings (SSSR count). The average Bonchev–Trinajstić information content (AvgIpc) is 2.44. The SMILES string of the molecule is CCCNC(=O)CN(CC)Cc1ccccc1[N+](=O)[O-]. The second-order valence-electron chi connectivity index (χ2n) is 4.54. The van der Waals surface area contributed by atoms with Crippen LogP contribution in [0.4, 0.5) is 5.69 Å². The van der Waals surface area contributed by atoms with Crippen molar-refractivity contribution in [3.8, 4) is 0 Å². The lowest BCUT2D eigenvalue weighted by atomic mass is 10.1. The fraction of sp³-hybridized carbons (Fsp3) is 0.500. The Kier molecular flexibility index (Phi) is 6.66. The van der Waals surface area contributed by atoms with Gasteiger partial charge in [-0.1, -0.05) is 32.0 Å². The molecule has 0 heterocycles. The number of hydrogen-bond donors (Lipinski definition) is 1. The van der Waals surface area contributed by atoms with E-state index in [0.29, 0.717) is 25.2 Å². The summed E-state index contributed by atoms with van der Waals surface area (Å²) in [6.07, 6.45) is 0.891. The lowest BCUT2D eigenvalue weighted by molar-refractivity contribution is -0.385. The van der Waals surface area contributed by atoms with Gasteiger partial charge in [0.05, 0.1) is 11.5 Å². The zero-order valence-electron chi connectivity index (χ0n) is 12.0. The van der Waals surface area contributed by atoms with Gasteiger partial charge < -0.3 is 5.32 Å². The van der Waals surface area contributed by atoms with Crippen LogP contribution in [0.2, 0.25) is 0 Å². The third-order valence-electron chi connectivity index (χ3n) is 2.97. The molecule has 1 aromatic rings. The van der Waals surface area contributed by atoms with Gasteiger partial charge in [-0.25, -0.2) is 0 Å². The first-order valence-corrected chi connectivity index (χ1v) is 6.79. The summed E-state index contributed by atoms with van der Waals surface area (Å²) < 4.78 is 0. The molecular formula is C14H21N3O3. The first-order chi connectivity index (χ1) is 9.58. The molecule has 0 spiro atoms. The fourth-order valence-corrected chi connectivity index (χ4v) is 1.87. The van der Waals surface area contributed by atoms with Crippen molar-refractivity contribution in [2.24, 2.45) is 0 Å².